The van der Waals surface area contributed by atoms with Gasteiger partial charge in [-0.2, -0.15) is 48.3 Å². The molecule has 0 saturated carbocycles. The molecule has 0 spiro atoms. The number of benzene rings is 1. The highest BCUT2D eigenvalue weighted by Crippen LogP contribution is 2.49. The fourth-order valence-corrected chi connectivity index (χ4v) is 1.94. The predicted octanol–water partition coefficient (Wildman–Crippen LogP) is 4.97. The molecule has 150 valence electrons. The third-order valence-corrected chi connectivity index (χ3v) is 3.15. The quantitative estimate of drug-likeness (QED) is 0.630. The lowest BCUT2D eigenvalue weighted by Gasteiger charge is -2.33. The van der Waals surface area contributed by atoms with E-state index in [0.717, 1.165) is 0 Å². The number of hydrogen-bond acceptors (Lipinski definition) is 3. The topological polar surface area (TPSA) is 34.0 Å². The van der Waals surface area contributed by atoms with Crippen LogP contribution >= 0.6 is 0 Å². The molecule has 1 aliphatic heterocycles. The average molecular weight is 414 g/mol. The first-order valence-corrected chi connectivity index (χ1v) is 6.55. The summed E-state index contributed by atoms with van der Waals surface area (Å²) >= 11 is 0. The van der Waals surface area contributed by atoms with E-state index in [1.54, 1.807) is 0 Å². The van der Waals surface area contributed by atoms with E-state index in [0.29, 0.717) is 18.2 Å². The number of rotatable bonds is 2. The predicted molar refractivity (Wildman–Crippen MR) is 67.3 cm³/mol. The van der Waals surface area contributed by atoms with Gasteiger partial charge in [-0.05, 0) is 18.2 Å². The van der Waals surface area contributed by atoms with Crippen molar-refractivity contribution in [2.24, 2.45) is 9.98 Å². The minimum atomic E-state index is -6.33. The first-order valence-electron chi connectivity index (χ1n) is 6.55. The Balaban J connectivity index is 2.73. The van der Waals surface area contributed by atoms with E-state index in [9.17, 15) is 48.3 Å². The molecule has 2 rings (SSSR count). The molecule has 0 saturated heterocycles. The van der Waals surface area contributed by atoms with Gasteiger partial charge in [0.15, 0.2) is 0 Å². The number of halogens is 11. The van der Waals surface area contributed by atoms with Crippen LogP contribution < -0.4 is 0 Å². The third kappa shape index (κ3) is 3.83. The van der Waals surface area contributed by atoms with Crippen molar-refractivity contribution in [3.05, 3.63) is 35.4 Å². The van der Waals surface area contributed by atoms with Crippen molar-refractivity contribution in [1.82, 2.24) is 0 Å². The second kappa shape index (κ2) is 6.34. The minimum absolute atomic E-state index is 0.102. The maximum absolute atomic E-state index is 13.1. The molecule has 0 aliphatic carbocycles. The summed E-state index contributed by atoms with van der Waals surface area (Å²) in [5.41, 5.74) is -7.86. The Morgan fingerprint density at radius 1 is 0.852 bits per heavy atom. The molecule has 1 aliphatic rings. The fourth-order valence-electron chi connectivity index (χ4n) is 1.94. The SMILES string of the molecule is FC(F)C1=NC(C(F)(F)F)(C(F)(F)F)N=C(c2cccc(C(F)(F)F)c2)O1. The van der Waals surface area contributed by atoms with Crippen molar-refractivity contribution >= 4 is 11.8 Å². The zero-order valence-corrected chi connectivity index (χ0v) is 12.3. The Morgan fingerprint density at radius 2 is 1.41 bits per heavy atom. The minimum Gasteiger partial charge on any atom is -0.418 e. The lowest BCUT2D eigenvalue weighted by molar-refractivity contribution is -0.293. The summed E-state index contributed by atoms with van der Waals surface area (Å²) in [6.45, 7) is 0. The molecular weight excluding hydrogens is 409 g/mol. The van der Waals surface area contributed by atoms with Gasteiger partial charge >= 0.3 is 30.6 Å². The second-order valence-corrected chi connectivity index (χ2v) is 5.02. The normalized spacial score (nSPS) is 18.1. The standard InChI is InChI=1S/C13H5F11N2O/c14-7(15)9-26-11(12(19,20)21,13(22,23)24)25-8(27-9)5-2-1-3-6(4-5)10(16,17)18/h1-4,7H. The largest absolute Gasteiger partial charge is 0.443 e. The monoisotopic (exact) mass is 414 g/mol. The van der Waals surface area contributed by atoms with Crippen molar-refractivity contribution in [2.45, 2.75) is 30.6 Å². The van der Waals surface area contributed by atoms with Gasteiger partial charge in [0.05, 0.1) is 5.56 Å². The van der Waals surface area contributed by atoms with Crippen molar-refractivity contribution in [3.8, 4) is 0 Å². The van der Waals surface area contributed by atoms with E-state index >= 15 is 0 Å². The molecule has 0 amide bonds. The zero-order chi connectivity index (χ0) is 20.8. The van der Waals surface area contributed by atoms with Gasteiger partial charge in [0, 0.05) is 5.56 Å². The highest BCUT2D eigenvalue weighted by molar-refractivity contribution is 6.04. The summed E-state index contributed by atoms with van der Waals surface area (Å²) in [6, 6.07) is 1.79. The summed E-state index contributed by atoms with van der Waals surface area (Å²) in [5, 5.41) is 0. The molecule has 3 nitrogen and oxygen atoms in total. The maximum Gasteiger partial charge on any atom is 0.443 e. The fraction of sp³-hybridized carbons (Fsp3) is 0.385. The van der Waals surface area contributed by atoms with Crippen LogP contribution in [0.1, 0.15) is 11.1 Å². The third-order valence-electron chi connectivity index (χ3n) is 3.15. The Bertz CT molecular complexity index is 760. The van der Waals surface area contributed by atoms with Crippen LogP contribution in [0.3, 0.4) is 0 Å². The highest BCUT2D eigenvalue weighted by atomic mass is 19.4. The van der Waals surface area contributed by atoms with Crippen molar-refractivity contribution < 1.29 is 53.0 Å². The number of hydrogen-bond donors (Lipinski definition) is 0. The van der Waals surface area contributed by atoms with Gasteiger partial charge in [-0.15, -0.1) is 0 Å². The van der Waals surface area contributed by atoms with Gasteiger partial charge in [-0.1, -0.05) is 6.07 Å². The van der Waals surface area contributed by atoms with Crippen molar-refractivity contribution in [1.29, 1.82) is 0 Å². The number of nitrogens with zero attached hydrogens (tertiary/aromatic N) is 2. The molecule has 0 fully saturated rings. The Labute approximate surface area is 142 Å². The molecule has 1 aromatic rings. The maximum atomic E-state index is 13.1. The van der Waals surface area contributed by atoms with Crippen LogP contribution in [0.2, 0.25) is 0 Å². The van der Waals surface area contributed by atoms with E-state index in [2.05, 4.69) is 9.73 Å². The summed E-state index contributed by atoms with van der Waals surface area (Å²) in [7, 11) is 0. The van der Waals surface area contributed by atoms with E-state index in [1.807, 2.05) is 4.99 Å². The summed E-state index contributed by atoms with van der Waals surface area (Å²) < 4.78 is 146. The van der Waals surface area contributed by atoms with E-state index in [4.69, 9.17) is 0 Å². The van der Waals surface area contributed by atoms with Crippen molar-refractivity contribution in [2.75, 3.05) is 0 Å². The molecule has 27 heavy (non-hydrogen) atoms. The van der Waals surface area contributed by atoms with Gasteiger partial charge < -0.3 is 4.74 Å². The van der Waals surface area contributed by atoms with E-state index in [1.165, 1.54) is 0 Å². The molecule has 0 atom stereocenters. The molecule has 0 aromatic heterocycles. The molecular formula is C13H5F11N2O. The lowest BCUT2D eigenvalue weighted by Crippen LogP contribution is -2.57. The van der Waals surface area contributed by atoms with Gasteiger partial charge in [0.25, 0.3) is 5.90 Å². The van der Waals surface area contributed by atoms with Crippen LogP contribution in [-0.2, 0) is 10.9 Å². The molecule has 1 aromatic carbocycles. The van der Waals surface area contributed by atoms with Crippen LogP contribution in [0, 0.1) is 0 Å². The first kappa shape index (κ1) is 20.9. The molecule has 0 radical (unpaired) electrons. The molecule has 1 heterocycles. The van der Waals surface area contributed by atoms with Gasteiger partial charge in [0.2, 0.25) is 5.90 Å². The number of alkyl halides is 11. The van der Waals surface area contributed by atoms with Crippen LogP contribution in [-0.4, -0.2) is 36.2 Å². The van der Waals surface area contributed by atoms with Crippen molar-refractivity contribution in [3.63, 3.8) is 0 Å². The van der Waals surface area contributed by atoms with Gasteiger partial charge in [0.1, 0.15) is 0 Å². The van der Waals surface area contributed by atoms with Gasteiger partial charge in [-0.25, -0.2) is 9.98 Å². The Kier molecular flexibility index (Phi) is 4.90. The van der Waals surface area contributed by atoms with E-state index < -0.39 is 53.5 Å². The molecule has 0 bridgehead atoms. The smallest absolute Gasteiger partial charge is 0.418 e. The zero-order valence-electron chi connectivity index (χ0n) is 12.3. The second-order valence-electron chi connectivity index (χ2n) is 5.02. The summed E-state index contributed by atoms with van der Waals surface area (Å²) in [6.07, 6.45) is -21.7. The Morgan fingerprint density at radius 3 is 1.85 bits per heavy atom. The van der Waals surface area contributed by atoms with Crippen LogP contribution in [0.15, 0.2) is 34.3 Å². The summed E-state index contributed by atoms with van der Waals surface area (Å²) in [4.78, 5) is 4.13. The molecule has 0 N–H and O–H groups in total. The van der Waals surface area contributed by atoms with Crippen LogP contribution in [0.4, 0.5) is 48.3 Å². The lowest BCUT2D eigenvalue weighted by atomic mass is 10.1. The Hall–Kier alpha value is -2.41. The molecule has 14 heteroatoms. The summed E-state index contributed by atoms with van der Waals surface area (Å²) in [5.74, 6) is -4.02. The molecule has 0 unspecified atom stereocenters. The highest BCUT2D eigenvalue weighted by Gasteiger charge is 2.74. The van der Waals surface area contributed by atoms with Crippen LogP contribution in [0.25, 0.3) is 0 Å². The van der Waals surface area contributed by atoms with Crippen LogP contribution in [0.5, 0.6) is 0 Å². The average Bonchev–Trinajstić information content (AvgIpc) is 2.51. The van der Waals surface area contributed by atoms with Gasteiger partial charge in [-0.3, -0.25) is 0 Å². The number of aliphatic imine (C=N–C) groups is 2. The van der Waals surface area contributed by atoms with E-state index in [-0.39, 0.29) is 6.07 Å². The number of ether oxygens (including phenoxy) is 1. The first-order chi connectivity index (χ1) is 12.1.